The highest BCUT2D eigenvalue weighted by atomic mass is 16.1. The van der Waals surface area contributed by atoms with Gasteiger partial charge in [0.05, 0.1) is 5.71 Å². The number of nitrogens with one attached hydrogen (secondary N) is 1. The summed E-state index contributed by atoms with van der Waals surface area (Å²) in [7, 11) is 0. The standard InChI is InChI=1S/C20H22N2O2.H2/c1-6-11-21-19(14(3)4)13-16(7-2)20(24)22-18-10-8-9-17(12-18)15(5)23;/h6-13H,2-3H2,1,4-5H3,(H,22,24);1H/b11-6-,16-13+,21-19+;. The van der Waals surface area contributed by atoms with Crippen molar-refractivity contribution in [3.8, 4) is 0 Å². The van der Waals surface area contributed by atoms with E-state index in [9.17, 15) is 9.59 Å². The number of hydrogen-bond donors (Lipinski definition) is 1. The highest BCUT2D eigenvalue weighted by Gasteiger charge is 2.09. The molecule has 0 saturated heterocycles. The van der Waals surface area contributed by atoms with Crippen LogP contribution in [0.1, 0.15) is 32.6 Å². The first-order valence-electron chi connectivity index (χ1n) is 7.50. The number of carbonyl (C=O) groups is 2. The summed E-state index contributed by atoms with van der Waals surface area (Å²) in [4.78, 5) is 28.1. The topological polar surface area (TPSA) is 58.5 Å². The first-order chi connectivity index (χ1) is 11.4. The quantitative estimate of drug-likeness (QED) is 0.341. The second-order valence-electron chi connectivity index (χ2n) is 5.17. The van der Waals surface area contributed by atoms with Crippen molar-refractivity contribution in [2.45, 2.75) is 20.8 Å². The average molecular weight is 324 g/mol. The molecule has 0 aliphatic rings. The Morgan fingerprint density at radius 1 is 1.29 bits per heavy atom. The minimum Gasteiger partial charge on any atom is -0.322 e. The zero-order valence-corrected chi connectivity index (χ0v) is 14.3. The number of ketones is 1. The Kier molecular flexibility index (Phi) is 7.30. The van der Waals surface area contributed by atoms with Gasteiger partial charge in [0.25, 0.3) is 5.91 Å². The van der Waals surface area contributed by atoms with Crippen molar-refractivity contribution in [1.29, 1.82) is 0 Å². The van der Waals surface area contributed by atoms with Crippen LogP contribution in [0.5, 0.6) is 0 Å². The molecule has 0 unspecified atom stereocenters. The molecule has 0 atom stereocenters. The first kappa shape index (κ1) is 19.0. The number of hydrogen-bond acceptors (Lipinski definition) is 3. The smallest absolute Gasteiger partial charge is 0.255 e. The predicted molar refractivity (Wildman–Crippen MR) is 103 cm³/mol. The maximum atomic E-state index is 12.4. The van der Waals surface area contributed by atoms with Crippen molar-refractivity contribution in [3.05, 3.63) is 78.6 Å². The lowest BCUT2D eigenvalue weighted by Crippen LogP contribution is -2.15. The van der Waals surface area contributed by atoms with Crippen LogP contribution in [0, 0.1) is 0 Å². The molecule has 1 aromatic carbocycles. The summed E-state index contributed by atoms with van der Waals surface area (Å²) in [6.45, 7) is 12.7. The highest BCUT2D eigenvalue weighted by Crippen LogP contribution is 2.13. The molecule has 0 bridgehead atoms. The van der Waals surface area contributed by atoms with Crippen LogP contribution >= 0.6 is 0 Å². The number of benzene rings is 1. The summed E-state index contributed by atoms with van der Waals surface area (Å²) >= 11 is 0. The van der Waals surface area contributed by atoms with Gasteiger partial charge in [-0.3, -0.25) is 14.6 Å². The second kappa shape index (κ2) is 9.20. The number of aliphatic imine (C=N–C) groups is 1. The molecule has 4 nitrogen and oxygen atoms in total. The Hall–Kier alpha value is -3.01. The second-order valence-corrected chi connectivity index (χ2v) is 5.17. The molecule has 0 spiro atoms. The van der Waals surface area contributed by atoms with Crippen LogP contribution < -0.4 is 5.32 Å². The number of rotatable bonds is 7. The van der Waals surface area contributed by atoms with Gasteiger partial charge in [-0.2, -0.15) is 0 Å². The molecule has 0 saturated carbocycles. The van der Waals surface area contributed by atoms with E-state index < -0.39 is 0 Å². The van der Waals surface area contributed by atoms with Crippen LogP contribution in [0.3, 0.4) is 0 Å². The van der Waals surface area contributed by atoms with Gasteiger partial charge in [-0.05, 0) is 44.6 Å². The average Bonchev–Trinajstić information content (AvgIpc) is 2.54. The first-order valence-corrected chi connectivity index (χ1v) is 7.50. The van der Waals surface area contributed by atoms with Crippen LogP contribution in [0.4, 0.5) is 5.69 Å². The Balaban J connectivity index is 0.00000576. The lowest BCUT2D eigenvalue weighted by atomic mass is 10.1. The molecule has 1 amide bonds. The van der Waals surface area contributed by atoms with Gasteiger partial charge in [-0.1, -0.05) is 37.4 Å². The van der Waals surface area contributed by atoms with Gasteiger partial charge in [0, 0.05) is 24.5 Å². The lowest BCUT2D eigenvalue weighted by molar-refractivity contribution is -0.112. The molecule has 126 valence electrons. The normalized spacial score (nSPS) is 12.1. The van der Waals surface area contributed by atoms with E-state index in [2.05, 4.69) is 23.5 Å². The van der Waals surface area contributed by atoms with Crippen LogP contribution in [0.15, 0.2) is 78.0 Å². The zero-order valence-electron chi connectivity index (χ0n) is 14.3. The summed E-state index contributed by atoms with van der Waals surface area (Å²) in [5.41, 5.74) is 2.76. The minimum absolute atomic E-state index is 0. The summed E-state index contributed by atoms with van der Waals surface area (Å²) in [6, 6.07) is 6.77. The lowest BCUT2D eigenvalue weighted by Gasteiger charge is -2.08. The third-order valence-corrected chi connectivity index (χ3v) is 3.10. The number of amides is 1. The fourth-order valence-electron chi connectivity index (χ4n) is 1.81. The van der Waals surface area contributed by atoms with Crippen molar-refractivity contribution < 1.29 is 11.0 Å². The molecular formula is C20H24N2O2. The highest BCUT2D eigenvalue weighted by molar-refractivity contribution is 6.15. The monoisotopic (exact) mass is 324 g/mol. The molecule has 1 rings (SSSR count). The molecule has 4 heteroatoms. The van der Waals surface area contributed by atoms with Crippen molar-refractivity contribution in [3.63, 3.8) is 0 Å². The van der Waals surface area contributed by atoms with E-state index in [0.29, 0.717) is 22.5 Å². The molecule has 0 aromatic heterocycles. The third-order valence-electron chi connectivity index (χ3n) is 3.10. The Morgan fingerprint density at radius 3 is 2.54 bits per heavy atom. The molecule has 0 radical (unpaired) electrons. The van der Waals surface area contributed by atoms with Crippen molar-refractivity contribution >= 4 is 23.1 Å². The number of anilines is 1. The van der Waals surface area contributed by atoms with Gasteiger partial charge in [0.15, 0.2) is 5.78 Å². The predicted octanol–water partition coefficient (Wildman–Crippen LogP) is 4.74. The minimum atomic E-state index is -0.333. The summed E-state index contributed by atoms with van der Waals surface area (Å²) in [6.07, 6.45) is 6.50. The van der Waals surface area contributed by atoms with Crippen molar-refractivity contribution in [2.75, 3.05) is 5.32 Å². The van der Waals surface area contributed by atoms with E-state index in [1.807, 2.05) is 13.8 Å². The van der Waals surface area contributed by atoms with Gasteiger partial charge in [-0.25, -0.2) is 0 Å². The summed E-state index contributed by atoms with van der Waals surface area (Å²) in [5, 5.41) is 2.76. The molecular weight excluding hydrogens is 300 g/mol. The largest absolute Gasteiger partial charge is 0.322 e. The fourth-order valence-corrected chi connectivity index (χ4v) is 1.81. The Morgan fingerprint density at radius 2 is 2.00 bits per heavy atom. The molecule has 1 N–H and O–H groups in total. The van der Waals surface area contributed by atoms with Gasteiger partial charge < -0.3 is 5.32 Å². The van der Waals surface area contributed by atoms with E-state index in [0.717, 1.165) is 5.57 Å². The van der Waals surface area contributed by atoms with Gasteiger partial charge >= 0.3 is 0 Å². The summed E-state index contributed by atoms with van der Waals surface area (Å²) in [5.74, 6) is -0.395. The van der Waals surface area contributed by atoms with Crippen LogP contribution in [-0.2, 0) is 4.79 Å². The Bertz CT molecular complexity index is 759. The number of nitrogens with zero attached hydrogens (tertiary/aromatic N) is 1. The molecule has 0 heterocycles. The maximum absolute atomic E-state index is 12.4. The Labute approximate surface area is 144 Å². The van der Waals surface area contributed by atoms with Crippen molar-refractivity contribution in [2.24, 2.45) is 4.99 Å². The van der Waals surface area contributed by atoms with Crippen LogP contribution in [0.25, 0.3) is 0 Å². The number of carbonyl (C=O) groups excluding carboxylic acids is 2. The molecule has 0 aliphatic carbocycles. The van der Waals surface area contributed by atoms with E-state index in [1.165, 1.54) is 13.0 Å². The molecule has 0 aliphatic heterocycles. The summed E-state index contributed by atoms with van der Waals surface area (Å²) < 4.78 is 0. The third kappa shape index (κ3) is 5.65. The van der Waals surface area contributed by atoms with E-state index in [1.54, 1.807) is 42.6 Å². The van der Waals surface area contributed by atoms with Gasteiger partial charge in [0.1, 0.15) is 0 Å². The SMILES string of the molecule is C=C\C(=C/C(=N\C=C/C)C(=C)C)C(=O)Nc1cccc(C(C)=O)c1.[HH]. The van der Waals surface area contributed by atoms with Crippen LogP contribution in [0.2, 0.25) is 0 Å². The molecule has 1 aromatic rings. The molecule has 24 heavy (non-hydrogen) atoms. The van der Waals surface area contributed by atoms with E-state index >= 15 is 0 Å². The van der Waals surface area contributed by atoms with Crippen LogP contribution in [-0.4, -0.2) is 17.4 Å². The number of allylic oxidation sites excluding steroid dienone is 3. The zero-order chi connectivity index (χ0) is 18.1. The molecule has 0 fully saturated rings. The number of Topliss-reactive ketones (excluding diaryl/α,β-unsaturated/α-hetero) is 1. The van der Waals surface area contributed by atoms with E-state index in [-0.39, 0.29) is 13.1 Å². The van der Waals surface area contributed by atoms with Crippen molar-refractivity contribution in [1.82, 2.24) is 0 Å². The van der Waals surface area contributed by atoms with Gasteiger partial charge in [-0.15, -0.1) is 0 Å². The fraction of sp³-hybridized carbons (Fsp3) is 0.150. The van der Waals surface area contributed by atoms with Gasteiger partial charge in [0.2, 0.25) is 0 Å². The maximum Gasteiger partial charge on any atom is 0.255 e. The van der Waals surface area contributed by atoms with E-state index in [4.69, 9.17) is 0 Å².